The van der Waals surface area contributed by atoms with Crippen LogP contribution in [0.5, 0.6) is 5.75 Å². The fourth-order valence-corrected chi connectivity index (χ4v) is 2.25. The van der Waals surface area contributed by atoms with E-state index in [1.165, 1.54) is 13.2 Å². The number of amides is 2. The van der Waals surface area contributed by atoms with Gasteiger partial charge in [0.15, 0.2) is 0 Å². The van der Waals surface area contributed by atoms with Crippen molar-refractivity contribution in [1.82, 2.24) is 0 Å². The Hall–Kier alpha value is -2.69. The number of hydrogen-bond acceptors (Lipinski definition) is 3. The van der Waals surface area contributed by atoms with E-state index < -0.39 is 17.6 Å². The molecule has 0 atom stereocenters. The second-order valence-electron chi connectivity index (χ2n) is 4.31. The summed E-state index contributed by atoms with van der Waals surface area (Å²) in [6, 6.07) is 10.2. The van der Waals surface area contributed by atoms with Crippen LogP contribution in [0, 0.1) is 5.82 Å². The standard InChI is InChI=1S/C15H10FNO3/c1-20-13-5-3-2-4-12(13)17-14(18)10-7-6-9(16)8-11(10)15(17)19/h2-8H,1H3. The van der Waals surface area contributed by atoms with Crippen LogP contribution in [0.1, 0.15) is 20.7 Å². The Balaban J connectivity index is 2.14. The van der Waals surface area contributed by atoms with Crippen molar-refractivity contribution in [2.75, 3.05) is 12.0 Å². The van der Waals surface area contributed by atoms with Gasteiger partial charge in [0.05, 0.1) is 23.9 Å². The Labute approximate surface area is 114 Å². The van der Waals surface area contributed by atoms with Gasteiger partial charge in [0.25, 0.3) is 11.8 Å². The highest BCUT2D eigenvalue weighted by Crippen LogP contribution is 2.34. The van der Waals surface area contributed by atoms with Crippen molar-refractivity contribution < 1.29 is 18.7 Å². The summed E-state index contributed by atoms with van der Waals surface area (Å²) < 4.78 is 18.4. The minimum atomic E-state index is -0.549. The molecule has 1 heterocycles. The van der Waals surface area contributed by atoms with E-state index in [0.717, 1.165) is 17.0 Å². The van der Waals surface area contributed by atoms with Crippen LogP contribution in [-0.4, -0.2) is 18.9 Å². The summed E-state index contributed by atoms with van der Waals surface area (Å²) in [4.78, 5) is 25.6. The minimum Gasteiger partial charge on any atom is -0.495 e. The number of halogens is 1. The zero-order valence-electron chi connectivity index (χ0n) is 10.6. The highest BCUT2D eigenvalue weighted by atomic mass is 19.1. The first kappa shape index (κ1) is 12.3. The molecule has 0 spiro atoms. The summed E-state index contributed by atoms with van der Waals surface area (Å²) in [7, 11) is 1.46. The summed E-state index contributed by atoms with van der Waals surface area (Å²) in [5.74, 6) is -1.17. The molecule has 5 heteroatoms. The van der Waals surface area contributed by atoms with Gasteiger partial charge in [-0.3, -0.25) is 9.59 Å². The largest absolute Gasteiger partial charge is 0.495 e. The van der Waals surface area contributed by atoms with E-state index in [1.54, 1.807) is 24.3 Å². The summed E-state index contributed by atoms with van der Waals surface area (Å²) >= 11 is 0. The maximum Gasteiger partial charge on any atom is 0.266 e. The van der Waals surface area contributed by atoms with Gasteiger partial charge in [0.1, 0.15) is 11.6 Å². The Morgan fingerprint density at radius 3 is 2.45 bits per heavy atom. The number of imide groups is 1. The first-order chi connectivity index (χ1) is 9.63. The van der Waals surface area contributed by atoms with Gasteiger partial charge in [-0.25, -0.2) is 9.29 Å². The topological polar surface area (TPSA) is 46.6 Å². The molecule has 20 heavy (non-hydrogen) atoms. The number of carbonyl (C=O) groups is 2. The zero-order valence-corrected chi connectivity index (χ0v) is 10.6. The fourth-order valence-electron chi connectivity index (χ4n) is 2.25. The molecule has 0 saturated heterocycles. The molecular weight excluding hydrogens is 261 g/mol. The third-order valence-corrected chi connectivity index (χ3v) is 3.17. The number of nitrogens with zero attached hydrogens (tertiary/aromatic N) is 1. The molecule has 0 radical (unpaired) electrons. The Bertz CT molecular complexity index is 727. The quantitative estimate of drug-likeness (QED) is 0.789. The monoisotopic (exact) mass is 271 g/mol. The van der Waals surface area contributed by atoms with Gasteiger partial charge in [0, 0.05) is 0 Å². The van der Waals surface area contributed by atoms with Crippen LogP contribution >= 0.6 is 0 Å². The Kier molecular flexibility index (Phi) is 2.75. The summed E-state index contributed by atoms with van der Waals surface area (Å²) in [6.07, 6.45) is 0. The van der Waals surface area contributed by atoms with E-state index in [-0.39, 0.29) is 11.1 Å². The molecule has 0 bridgehead atoms. The van der Waals surface area contributed by atoms with Crippen molar-refractivity contribution in [3.63, 3.8) is 0 Å². The van der Waals surface area contributed by atoms with E-state index in [4.69, 9.17) is 4.74 Å². The zero-order chi connectivity index (χ0) is 14.3. The molecule has 0 aromatic heterocycles. The lowest BCUT2D eigenvalue weighted by Gasteiger charge is -2.16. The van der Waals surface area contributed by atoms with Gasteiger partial charge in [-0.2, -0.15) is 0 Å². The minimum absolute atomic E-state index is 0.0703. The maximum atomic E-state index is 13.2. The lowest BCUT2D eigenvalue weighted by Crippen LogP contribution is -2.29. The number of fused-ring (bicyclic) bond motifs is 1. The van der Waals surface area contributed by atoms with Gasteiger partial charge in [-0.05, 0) is 30.3 Å². The molecule has 0 fully saturated rings. The van der Waals surface area contributed by atoms with Crippen LogP contribution in [-0.2, 0) is 0 Å². The second-order valence-corrected chi connectivity index (χ2v) is 4.31. The molecule has 1 aliphatic rings. The van der Waals surface area contributed by atoms with Crippen LogP contribution in [0.25, 0.3) is 0 Å². The van der Waals surface area contributed by atoms with Gasteiger partial charge in [-0.15, -0.1) is 0 Å². The Morgan fingerprint density at radius 1 is 1.00 bits per heavy atom. The number of ether oxygens (including phenoxy) is 1. The highest BCUT2D eigenvalue weighted by molar-refractivity contribution is 6.34. The summed E-state index contributed by atoms with van der Waals surface area (Å²) in [5.41, 5.74) is 0.616. The molecule has 2 aromatic carbocycles. The van der Waals surface area contributed by atoms with Crippen molar-refractivity contribution >= 4 is 17.5 Å². The number of anilines is 1. The van der Waals surface area contributed by atoms with E-state index in [9.17, 15) is 14.0 Å². The average Bonchev–Trinajstić information content (AvgIpc) is 2.70. The lowest BCUT2D eigenvalue weighted by molar-refractivity contribution is 0.0925. The van der Waals surface area contributed by atoms with Crippen molar-refractivity contribution in [1.29, 1.82) is 0 Å². The van der Waals surface area contributed by atoms with Gasteiger partial charge >= 0.3 is 0 Å². The molecule has 1 aliphatic heterocycles. The van der Waals surface area contributed by atoms with Crippen LogP contribution in [0.15, 0.2) is 42.5 Å². The third-order valence-electron chi connectivity index (χ3n) is 3.17. The first-order valence-electron chi connectivity index (χ1n) is 5.95. The van der Waals surface area contributed by atoms with E-state index in [0.29, 0.717) is 11.4 Å². The smallest absolute Gasteiger partial charge is 0.266 e. The van der Waals surface area contributed by atoms with Gasteiger partial charge in [-0.1, -0.05) is 12.1 Å². The maximum absolute atomic E-state index is 13.2. The van der Waals surface area contributed by atoms with Gasteiger partial charge in [0.2, 0.25) is 0 Å². The van der Waals surface area contributed by atoms with Crippen LogP contribution < -0.4 is 9.64 Å². The van der Waals surface area contributed by atoms with Gasteiger partial charge < -0.3 is 4.74 Å². The molecular formula is C15H10FNO3. The highest BCUT2D eigenvalue weighted by Gasteiger charge is 2.38. The summed E-state index contributed by atoms with van der Waals surface area (Å²) in [6.45, 7) is 0. The van der Waals surface area contributed by atoms with Crippen LogP contribution in [0.4, 0.5) is 10.1 Å². The normalized spacial score (nSPS) is 13.6. The van der Waals surface area contributed by atoms with E-state index >= 15 is 0 Å². The molecule has 100 valence electrons. The summed E-state index contributed by atoms with van der Waals surface area (Å²) in [5, 5.41) is 0. The predicted molar refractivity (Wildman–Crippen MR) is 70.5 cm³/mol. The number of hydrogen-bond donors (Lipinski definition) is 0. The number of carbonyl (C=O) groups excluding carboxylic acids is 2. The van der Waals surface area contributed by atoms with Crippen molar-refractivity contribution in [2.24, 2.45) is 0 Å². The molecule has 3 rings (SSSR count). The predicted octanol–water partition coefficient (Wildman–Crippen LogP) is 2.63. The molecule has 0 aliphatic carbocycles. The fraction of sp³-hybridized carbons (Fsp3) is 0.0667. The SMILES string of the molecule is COc1ccccc1N1C(=O)c2ccc(F)cc2C1=O. The number of methoxy groups -OCH3 is 1. The molecule has 0 saturated carbocycles. The number of rotatable bonds is 2. The first-order valence-corrected chi connectivity index (χ1v) is 5.95. The van der Waals surface area contributed by atoms with Crippen molar-refractivity contribution in [2.45, 2.75) is 0 Å². The molecule has 2 aromatic rings. The third kappa shape index (κ3) is 1.67. The van der Waals surface area contributed by atoms with Crippen LogP contribution in [0.2, 0.25) is 0 Å². The van der Waals surface area contributed by atoms with E-state index in [2.05, 4.69) is 0 Å². The molecule has 0 unspecified atom stereocenters. The van der Waals surface area contributed by atoms with Crippen LogP contribution in [0.3, 0.4) is 0 Å². The molecule has 2 amide bonds. The number of para-hydroxylation sites is 2. The lowest BCUT2D eigenvalue weighted by atomic mass is 10.1. The Morgan fingerprint density at radius 2 is 1.70 bits per heavy atom. The second kappa shape index (κ2) is 4.45. The van der Waals surface area contributed by atoms with E-state index in [1.807, 2.05) is 0 Å². The molecule has 4 nitrogen and oxygen atoms in total. The van der Waals surface area contributed by atoms with Crippen molar-refractivity contribution in [3.8, 4) is 5.75 Å². The average molecular weight is 271 g/mol. The van der Waals surface area contributed by atoms with Crippen molar-refractivity contribution in [3.05, 3.63) is 59.4 Å². The number of benzene rings is 2. The molecule has 0 N–H and O–H groups in total.